The third-order valence-electron chi connectivity index (χ3n) is 3.82. The van der Waals surface area contributed by atoms with Crippen molar-refractivity contribution >= 4 is 5.91 Å². The van der Waals surface area contributed by atoms with Crippen LogP contribution in [0.15, 0.2) is 0 Å². The summed E-state index contributed by atoms with van der Waals surface area (Å²) < 4.78 is 0. The van der Waals surface area contributed by atoms with Crippen LogP contribution in [-0.2, 0) is 4.79 Å². The summed E-state index contributed by atoms with van der Waals surface area (Å²) in [6.07, 6.45) is 5.30. The van der Waals surface area contributed by atoms with E-state index in [1.165, 1.54) is 38.8 Å². The number of nitrogens with zero attached hydrogens (tertiary/aromatic N) is 1. The highest BCUT2D eigenvalue weighted by Crippen LogP contribution is 2.10. The molecular weight excluding hydrogens is 226 g/mol. The number of likely N-dealkylation sites (tertiary alicyclic amines) is 1. The monoisotopic (exact) mass is 255 g/mol. The lowest BCUT2D eigenvalue weighted by atomic mass is 9.95. The highest BCUT2D eigenvalue weighted by molar-refractivity contribution is 5.79. The minimum atomic E-state index is -0.0471. The van der Waals surface area contributed by atoms with E-state index in [1.807, 2.05) is 13.8 Å². The Balaban J connectivity index is 2.21. The first kappa shape index (κ1) is 15.4. The molecule has 0 aromatic carbocycles. The molecule has 1 amide bonds. The molecule has 106 valence electrons. The van der Waals surface area contributed by atoms with Crippen LogP contribution in [0.5, 0.6) is 0 Å². The molecule has 0 bridgehead atoms. The quantitative estimate of drug-likeness (QED) is 0.750. The third kappa shape index (κ3) is 5.36. The van der Waals surface area contributed by atoms with E-state index in [0.717, 1.165) is 13.1 Å². The van der Waals surface area contributed by atoms with Gasteiger partial charge in [0.15, 0.2) is 0 Å². The van der Waals surface area contributed by atoms with Crippen molar-refractivity contribution in [1.29, 1.82) is 0 Å². The van der Waals surface area contributed by atoms with Gasteiger partial charge in [-0.2, -0.15) is 0 Å². The van der Waals surface area contributed by atoms with E-state index in [0.29, 0.717) is 12.5 Å². The molecule has 0 aromatic rings. The second-order valence-corrected chi connectivity index (χ2v) is 5.63. The van der Waals surface area contributed by atoms with Crippen LogP contribution in [0.1, 0.15) is 39.5 Å². The molecule has 4 heteroatoms. The van der Waals surface area contributed by atoms with E-state index in [1.54, 1.807) is 0 Å². The number of carbonyl (C=O) groups is 1. The summed E-state index contributed by atoms with van der Waals surface area (Å²) in [5.41, 5.74) is 5.64. The molecule has 0 saturated carbocycles. The van der Waals surface area contributed by atoms with E-state index < -0.39 is 0 Å². The molecule has 1 rings (SSSR count). The highest BCUT2D eigenvalue weighted by Gasteiger charge is 2.20. The van der Waals surface area contributed by atoms with E-state index in [9.17, 15) is 4.79 Å². The van der Waals surface area contributed by atoms with Gasteiger partial charge in [-0.1, -0.05) is 26.7 Å². The molecular formula is C14H29N3O. The Labute approximate surface area is 111 Å². The Bertz CT molecular complexity index is 235. The zero-order valence-corrected chi connectivity index (χ0v) is 12.0. The lowest BCUT2D eigenvalue weighted by Crippen LogP contribution is -2.41. The van der Waals surface area contributed by atoms with Crippen LogP contribution in [0.4, 0.5) is 0 Å². The zero-order valence-electron chi connectivity index (χ0n) is 12.0. The molecule has 1 aliphatic rings. The number of hydrogen-bond acceptors (Lipinski definition) is 3. The fourth-order valence-corrected chi connectivity index (χ4v) is 2.51. The first-order chi connectivity index (χ1) is 8.65. The molecule has 0 aliphatic carbocycles. The van der Waals surface area contributed by atoms with Gasteiger partial charge in [-0.25, -0.2) is 0 Å². The Morgan fingerprint density at radius 1 is 1.22 bits per heavy atom. The first-order valence-corrected chi connectivity index (χ1v) is 7.35. The second kappa shape index (κ2) is 8.48. The summed E-state index contributed by atoms with van der Waals surface area (Å²) in [5, 5.41) is 3.02. The summed E-state index contributed by atoms with van der Waals surface area (Å²) in [4.78, 5) is 14.4. The van der Waals surface area contributed by atoms with Gasteiger partial charge in [0.1, 0.15) is 0 Å². The van der Waals surface area contributed by atoms with E-state index in [4.69, 9.17) is 5.73 Å². The second-order valence-electron chi connectivity index (χ2n) is 5.63. The smallest absolute Gasteiger partial charge is 0.224 e. The molecule has 1 aliphatic heterocycles. The molecule has 1 atom stereocenters. The highest BCUT2D eigenvalue weighted by atomic mass is 16.1. The number of nitrogens with one attached hydrogen (secondary N) is 1. The average molecular weight is 255 g/mol. The maximum absolute atomic E-state index is 11.9. The number of hydrogen-bond donors (Lipinski definition) is 2. The van der Waals surface area contributed by atoms with E-state index in [2.05, 4.69) is 10.2 Å². The molecule has 0 spiro atoms. The van der Waals surface area contributed by atoms with Crippen LogP contribution in [0.2, 0.25) is 0 Å². The molecule has 1 unspecified atom stereocenters. The lowest BCUT2D eigenvalue weighted by molar-refractivity contribution is -0.126. The van der Waals surface area contributed by atoms with Gasteiger partial charge in [0.25, 0.3) is 0 Å². The van der Waals surface area contributed by atoms with Crippen molar-refractivity contribution in [1.82, 2.24) is 10.2 Å². The van der Waals surface area contributed by atoms with Crippen LogP contribution >= 0.6 is 0 Å². The summed E-state index contributed by atoms with van der Waals surface area (Å²) >= 11 is 0. The van der Waals surface area contributed by atoms with Gasteiger partial charge < -0.3 is 16.0 Å². The molecule has 18 heavy (non-hydrogen) atoms. The number of nitrogens with two attached hydrogens (primary N) is 1. The van der Waals surface area contributed by atoms with E-state index in [-0.39, 0.29) is 11.8 Å². The SMILES string of the molecule is CC(C)C(CN)C(=O)NCCN1CCCCCC1. The Hall–Kier alpha value is -0.610. The average Bonchev–Trinajstić information content (AvgIpc) is 2.58. The first-order valence-electron chi connectivity index (χ1n) is 7.35. The zero-order chi connectivity index (χ0) is 13.4. The molecule has 0 aromatic heterocycles. The topological polar surface area (TPSA) is 58.4 Å². The maximum Gasteiger partial charge on any atom is 0.224 e. The number of rotatable bonds is 6. The van der Waals surface area contributed by atoms with Crippen molar-refractivity contribution in [3.05, 3.63) is 0 Å². The van der Waals surface area contributed by atoms with Gasteiger partial charge in [-0.3, -0.25) is 4.79 Å². The summed E-state index contributed by atoms with van der Waals surface area (Å²) in [6.45, 7) is 8.62. The van der Waals surface area contributed by atoms with Crippen molar-refractivity contribution in [3.63, 3.8) is 0 Å². The predicted octanol–water partition coefficient (Wildman–Crippen LogP) is 1.21. The number of amides is 1. The maximum atomic E-state index is 11.9. The van der Waals surface area contributed by atoms with Crippen LogP contribution in [-0.4, -0.2) is 43.5 Å². The van der Waals surface area contributed by atoms with Crippen molar-refractivity contribution in [3.8, 4) is 0 Å². The van der Waals surface area contributed by atoms with Gasteiger partial charge in [0.2, 0.25) is 5.91 Å². The normalized spacial score (nSPS) is 19.6. The van der Waals surface area contributed by atoms with E-state index >= 15 is 0 Å². The molecule has 1 fully saturated rings. The lowest BCUT2D eigenvalue weighted by Gasteiger charge is -2.22. The molecule has 1 heterocycles. The van der Waals surface area contributed by atoms with Gasteiger partial charge in [0, 0.05) is 19.6 Å². The molecule has 3 N–H and O–H groups in total. The van der Waals surface area contributed by atoms with Crippen LogP contribution < -0.4 is 11.1 Å². The van der Waals surface area contributed by atoms with Crippen molar-refractivity contribution in [2.24, 2.45) is 17.6 Å². The van der Waals surface area contributed by atoms with Gasteiger partial charge in [-0.15, -0.1) is 0 Å². The Morgan fingerprint density at radius 3 is 2.33 bits per heavy atom. The minimum absolute atomic E-state index is 0.0471. The minimum Gasteiger partial charge on any atom is -0.355 e. The molecule has 1 saturated heterocycles. The van der Waals surface area contributed by atoms with Crippen LogP contribution in [0, 0.1) is 11.8 Å². The summed E-state index contributed by atoms with van der Waals surface area (Å²) in [7, 11) is 0. The van der Waals surface area contributed by atoms with Crippen molar-refractivity contribution in [2.75, 3.05) is 32.7 Å². The third-order valence-corrected chi connectivity index (χ3v) is 3.82. The fraction of sp³-hybridized carbons (Fsp3) is 0.929. The number of carbonyl (C=O) groups excluding carboxylic acids is 1. The van der Waals surface area contributed by atoms with Crippen molar-refractivity contribution in [2.45, 2.75) is 39.5 Å². The van der Waals surface area contributed by atoms with Crippen LogP contribution in [0.3, 0.4) is 0 Å². The largest absolute Gasteiger partial charge is 0.355 e. The molecule has 0 radical (unpaired) electrons. The fourth-order valence-electron chi connectivity index (χ4n) is 2.51. The van der Waals surface area contributed by atoms with Gasteiger partial charge in [-0.05, 0) is 31.8 Å². The van der Waals surface area contributed by atoms with Crippen molar-refractivity contribution < 1.29 is 4.79 Å². The van der Waals surface area contributed by atoms with Gasteiger partial charge in [0.05, 0.1) is 5.92 Å². The standard InChI is InChI=1S/C14H29N3O/c1-12(2)13(11-15)14(18)16-7-10-17-8-5-3-4-6-9-17/h12-13H,3-11,15H2,1-2H3,(H,16,18). The summed E-state index contributed by atoms with van der Waals surface area (Å²) in [6, 6.07) is 0. The summed E-state index contributed by atoms with van der Waals surface area (Å²) in [5.74, 6) is 0.379. The van der Waals surface area contributed by atoms with Crippen LogP contribution in [0.25, 0.3) is 0 Å². The van der Waals surface area contributed by atoms with Gasteiger partial charge >= 0.3 is 0 Å². The molecule has 4 nitrogen and oxygen atoms in total. The Kier molecular flexibility index (Phi) is 7.28. The Morgan fingerprint density at radius 2 is 1.83 bits per heavy atom. The predicted molar refractivity (Wildman–Crippen MR) is 75.3 cm³/mol.